The third kappa shape index (κ3) is 7.31. The lowest BCUT2D eigenvalue weighted by Gasteiger charge is -2.24. The minimum absolute atomic E-state index is 0.137. The molecule has 5 nitrogen and oxygen atoms in total. The summed E-state index contributed by atoms with van der Waals surface area (Å²) in [5.41, 5.74) is 0. The number of carbonyl (C=O) groups is 2. The van der Waals surface area contributed by atoms with Crippen molar-refractivity contribution in [3.63, 3.8) is 0 Å². The normalized spacial score (nSPS) is 16.0. The molecule has 0 radical (unpaired) electrons. The van der Waals surface area contributed by atoms with Crippen molar-refractivity contribution in [1.29, 1.82) is 0 Å². The summed E-state index contributed by atoms with van der Waals surface area (Å²) in [7, 11) is 1.15. The van der Waals surface area contributed by atoms with Crippen molar-refractivity contribution in [2.45, 2.75) is 44.3 Å². The first-order valence-corrected chi connectivity index (χ1v) is 6.96. The Morgan fingerprint density at radius 1 is 1.29 bits per heavy atom. The van der Waals surface area contributed by atoms with Gasteiger partial charge in [0, 0.05) is 12.6 Å². The molecule has 122 valence electrons. The maximum Gasteiger partial charge on any atom is 0.406 e. The fourth-order valence-corrected chi connectivity index (χ4v) is 2.31. The van der Waals surface area contributed by atoms with Crippen LogP contribution in [-0.2, 0) is 14.3 Å². The number of nitrogens with one attached hydrogen (secondary N) is 1. The first kappa shape index (κ1) is 17.7. The average molecular weight is 310 g/mol. The summed E-state index contributed by atoms with van der Waals surface area (Å²) in [4.78, 5) is 23.6. The molecule has 0 spiro atoms. The number of ether oxygens (including phenoxy) is 1. The second-order valence-corrected chi connectivity index (χ2v) is 5.12. The summed E-state index contributed by atoms with van der Waals surface area (Å²) in [6, 6.07) is 0.197. The molecule has 0 aromatic carbocycles. The second kappa shape index (κ2) is 8.21. The summed E-state index contributed by atoms with van der Waals surface area (Å²) in [5.74, 6) is -1.29. The van der Waals surface area contributed by atoms with Crippen LogP contribution >= 0.6 is 0 Å². The van der Waals surface area contributed by atoms with E-state index < -0.39 is 24.6 Å². The topological polar surface area (TPSA) is 58.6 Å². The molecule has 0 heterocycles. The number of hydrogen-bond donors (Lipinski definition) is 1. The minimum Gasteiger partial charge on any atom is -0.469 e. The van der Waals surface area contributed by atoms with Crippen LogP contribution in [0.5, 0.6) is 0 Å². The van der Waals surface area contributed by atoms with Crippen LogP contribution in [0.4, 0.5) is 13.2 Å². The third-order valence-corrected chi connectivity index (χ3v) is 3.43. The molecule has 1 fully saturated rings. The molecular weight excluding hydrogens is 289 g/mol. The molecule has 0 unspecified atom stereocenters. The molecular formula is C13H21F3N2O3. The van der Waals surface area contributed by atoms with Crippen molar-refractivity contribution < 1.29 is 27.5 Å². The van der Waals surface area contributed by atoms with Crippen molar-refractivity contribution in [3.8, 4) is 0 Å². The molecule has 1 N–H and O–H groups in total. The molecule has 0 aromatic rings. The molecule has 21 heavy (non-hydrogen) atoms. The predicted molar refractivity (Wildman–Crippen MR) is 69.5 cm³/mol. The van der Waals surface area contributed by atoms with Gasteiger partial charge in [-0.1, -0.05) is 12.8 Å². The van der Waals surface area contributed by atoms with Gasteiger partial charge in [0.2, 0.25) is 5.91 Å². The van der Waals surface area contributed by atoms with Gasteiger partial charge in [0.1, 0.15) is 6.54 Å². The van der Waals surface area contributed by atoms with Crippen LogP contribution in [0.1, 0.15) is 32.1 Å². The minimum atomic E-state index is -4.49. The summed E-state index contributed by atoms with van der Waals surface area (Å²) in [5, 5.41) is 2.97. The van der Waals surface area contributed by atoms with Crippen LogP contribution in [0.2, 0.25) is 0 Å². The van der Waals surface area contributed by atoms with Gasteiger partial charge in [-0.15, -0.1) is 0 Å². The van der Waals surface area contributed by atoms with E-state index in [9.17, 15) is 22.8 Å². The number of carbonyl (C=O) groups excluding carboxylic acids is 2. The van der Waals surface area contributed by atoms with Crippen molar-refractivity contribution in [1.82, 2.24) is 10.2 Å². The highest BCUT2D eigenvalue weighted by atomic mass is 19.4. The Hall–Kier alpha value is -1.31. The lowest BCUT2D eigenvalue weighted by Crippen LogP contribution is -2.45. The zero-order chi connectivity index (χ0) is 15.9. The smallest absolute Gasteiger partial charge is 0.406 e. The van der Waals surface area contributed by atoms with E-state index in [1.54, 1.807) is 0 Å². The Morgan fingerprint density at radius 3 is 2.43 bits per heavy atom. The summed E-state index contributed by atoms with van der Waals surface area (Å²) < 4.78 is 41.8. The number of esters is 1. The molecule has 0 aliphatic heterocycles. The van der Waals surface area contributed by atoms with Crippen LogP contribution < -0.4 is 5.32 Å². The van der Waals surface area contributed by atoms with E-state index in [1.165, 1.54) is 0 Å². The summed E-state index contributed by atoms with van der Waals surface area (Å²) >= 11 is 0. The number of methoxy groups -OCH3 is 1. The maximum atomic E-state index is 12.5. The Kier molecular flexibility index (Phi) is 6.94. The Bertz CT molecular complexity index is 355. The fraction of sp³-hybridized carbons (Fsp3) is 0.846. The van der Waals surface area contributed by atoms with Gasteiger partial charge in [-0.3, -0.25) is 9.59 Å². The van der Waals surface area contributed by atoms with Crippen molar-refractivity contribution >= 4 is 11.9 Å². The third-order valence-electron chi connectivity index (χ3n) is 3.43. The zero-order valence-corrected chi connectivity index (χ0v) is 12.0. The van der Waals surface area contributed by atoms with E-state index in [2.05, 4.69) is 10.1 Å². The van der Waals surface area contributed by atoms with Gasteiger partial charge in [0.05, 0.1) is 20.1 Å². The number of alkyl halides is 3. The monoisotopic (exact) mass is 310 g/mol. The molecule has 8 heteroatoms. The molecule has 0 atom stereocenters. The van der Waals surface area contributed by atoms with Crippen LogP contribution in [0.15, 0.2) is 0 Å². The van der Waals surface area contributed by atoms with Gasteiger partial charge >= 0.3 is 12.1 Å². The van der Waals surface area contributed by atoms with E-state index in [0.29, 0.717) is 4.90 Å². The Balaban J connectivity index is 2.48. The second-order valence-electron chi connectivity index (χ2n) is 5.12. The van der Waals surface area contributed by atoms with Gasteiger partial charge in [0.15, 0.2) is 0 Å². The molecule has 0 saturated heterocycles. The number of rotatable bonds is 7. The molecule has 0 aromatic heterocycles. The summed E-state index contributed by atoms with van der Waals surface area (Å²) in [6.45, 7) is -1.78. The van der Waals surface area contributed by atoms with Gasteiger partial charge < -0.3 is 15.0 Å². The van der Waals surface area contributed by atoms with Crippen molar-refractivity contribution in [3.05, 3.63) is 0 Å². The molecule has 1 rings (SSSR count). The van der Waals surface area contributed by atoms with Crippen LogP contribution in [-0.4, -0.2) is 55.7 Å². The van der Waals surface area contributed by atoms with Gasteiger partial charge in [0.25, 0.3) is 0 Å². The fourth-order valence-electron chi connectivity index (χ4n) is 2.31. The lowest BCUT2D eigenvalue weighted by atomic mass is 10.2. The number of hydrogen-bond acceptors (Lipinski definition) is 4. The Morgan fingerprint density at radius 2 is 1.90 bits per heavy atom. The highest BCUT2D eigenvalue weighted by Gasteiger charge is 2.33. The average Bonchev–Trinajstić information content (AvgIpc) is 2.92. The molecule has 1 aliphatic carbocycles. The van der Waals surface area contributed by atoms with E-state index in [-0.39, 0.29) is 25.6 Å². The van der Waals surface area contributed by atoms with E-state index in [4.69, 9.17) is 0 Å². The van der Waals surface area contributed by atoms with E-state index in [1.807, 2.05) is 0 Å². The van der Waals surface area contributed by atoms with E-state index in [0.717, 1.165) is 32.8 Å². The van der Waals surface area contributed by atoms with Crippen LogP contribution in [0, 0.1) is 0 Å². The number of amides is 1. The quantitative estimate of drug-likeness (QED) is 0.724. The predicted octanol–water partition coefficient (Wildman–Crippen LogP) is 1.47. The molecule has 0 bridgehead atoms. The standard InChI is InChI=1S/C13H21F3N2O3/c1-21-12(20)6-7-18(9-13(14,15)16)11(19)8-17-10-4-2-3-5-10/h10,17H,2-9H2,1H3. The van der Waals surface area contributed by atoms with Crippen LogP contribution in [0.25, 0.3) is 0 Å². The molecule has 1 amide bonds. The lowest BCUT2D eigenvalue weighted by molar-refractivity contribution is -0.162. The Labute approximate surface area is 121 Å². The zero-order valence-electron chi connectivity index (χ0n) is 12.0. The highest BCUT2D eigenvalue weighted by molar-refractivity contribution is 5.79. The molecule has 1 saturated carbocycles. The van der Waals surface area contributed by atoms with Gasteiger partial charge in [-0.25, -0.2) is 0 Å². The highest BCUT2D eigenvalue weighted by Crippen LogP contribution is 2.18. The van der Waals surface area contributed by atoms with Crippen molar-refractivity contribution in [2.75, 3.05) is 26.7 Å². The number of halogens is 3. The van der Waals surface area contributed by atoms with Crippen molar-refractivity contribution in [2.24, 2.45) is 0 Å². The largest absolute Gasteiger partial charge is 0.469 e. The van der Waals surface area contributed by atoms with Gasteiger partial charge in [-0.2, -0.15) is 13.2 Å². The first-order chi connectivity index (χ1) is 9.81. The van der Waals surface area contributed by atoms with Gasteiger partial charge in [-0.05, 0) is 12.8 Å². The SMILES string of the molecule is COC(=O)CCN(CC(F)(F)F)C(=O)CNC1CCCC1. The maximum absolute atomic E-state index is 12.5. The van der Waals surface area contributed by atoms with Crippen LogP contribution in [0.3, 0.4) is 0 Å². The summed E-state index contributed by atoms with van der Waals surface area (Å²) in [6.07, 6.45) is -0.717. The van der Waals surface area contributed by atoms with E-state index >= 15 is 0 Å². The molecule has 1 aliphatic rings. The number of nitrogens with zero attached hydrogens (tertiary/aromatic N) is 1. The first-order valence-electron chi connectivity index (χ1n) is 6.96.